The van der Waals surface area contributed by atoms with Gasteiger partial charge in [-0.3, -0.25) is 9.59 Å². The maximum atomic E-state index is 11.7. The SMILES string of the molecule is CCCC(O)CNC(=O)c1ccc(C(N)=O)cc1. The summed E-state index contributed by atoms with van der Waals surface area (Å²) in [7, 11) is 0. The van der Waals surface area contributed by atoms with Crippen molar-refractivity contribution < 1.29 is 14.7 Å². The van der Waals surface area contributed by atoms with Crippen LogP contribution in [-0.4, -0.2) is 29.6 Å². The normalized spacial score (nSPS) is 11.9. The summed E-state index contributed by atoms with van der Waals surface area (Å²) >= 11 is 0. The fourth-order valence-corrected chi connectivity index (χ4v) is 1.53. The Labute approximate surface area is 106 Å². The van der Waals surface area contributed by atoms with E-state index in [0.717, 1.165) is 6.42 Å². The average molecular weight is 250 g/mol. The summed E-state index contributed by atoms with van der Waals surface area (Å²) in [4.78, 5) is 22.6. The number of aliphatic hydroxyl groups excluding tert-OH is 1. The molecule has 0 aliphatic heterocycles. The van der Waals surface area contributed by atoms with Crippen LogP contribution in [0.5, 0.6) is 0 Å². The lowest BCUT2D eigenvalue weighted by atomic mass is 10.1. The third-order valence-electron chi connectivity index (χ3n) is 2.55. The van der Waals surface area contributed by atoms with Crippen LogP contribution in [0.15, 0.2) is 24.3 Å². The molecule has 18 heavy (non-hydrogen) atoms. The molecule has 0 aliphatic carbocycles. The van der Waals surface area contributed by atoms with Crippen LogP contribution < -0.4 is 11.1 Å². The quantitative estimate of drug-likeness (QED) is 0.693. The van der Waals surface area contributed by atoms with Crippen LogP contribution >= 0.6 is 0 Å². The second-order valence-corrected chi connectivity index (χ2v) is 4.09. The minimum absolute atomic E-state index is 0.226. The predicted molar refractivity (Wildman–Crippen MR) is 68.2 cm³/mol. The van der Waals surface area contributed by atoms with E-state index in [0.29, 0.717) is 17.5 Å². The van der Waals surface area contributed by atoms with Gasteiger partial charge in [-0.05, 0) is 30.7 Å². The van der Waals surface area contributed by atoms with E-state index in [-0.39, 0.29) is 12.5 Å². The highest BCUT2D eigenvalue weighted by Crippen LogP contribution is 2.04. The van der Waals surface area contributed by atoms with Crippen molar-refractivity contribution in [3.63, 3.8) is 0 Å². The fraction of sp³-hybridized carbons (Fsp3) is 0.385. The molecule has 0 aliphatic rings. The van der Waals surface area contributed by atoms with E-state index in [9.17, 15) is 14.7 Å². The molecule has 0 heterocycles. The zero-order valence-corrected chi connectivity index (χ0v) is 10.3. The zero-order chi connectivity index (χ0) is 13.5. The third-order valence-corrected chi connectivity index (χ3v) is 2.55. The topological polar surface area (TPSA) is 92.4 Å². The first-order valence-corrected chi connectivity index (χ1v) is 5.90. The van der Waals surface area contributed by atoms with Gasteiger partial charge >= 0.3 is 0 Å². The van der Waals surface area contributed by atoms with Gasteiger partial charge in [0.1, 0.15) is 0 Å². The summed E-state index contributed by atoms with van der Waals surface area (Å²) in [6, 6.07) is 6.06. The Hall–Kier alpha value is -1.88. The van der Waals surface area contributed by atoms with E-state index in [1.807, 2.05) is 6.92 Å². The number of hydrogen-bond acceptors (Lipinski definition) is 3. The summed E-state index contributed by atoms with van der Waals surface area (Å²) in [6.07, 6.45) is 0.995. The van der Waals surface area contributed by atoms with Crippen LogP contribution in [0.25, 0.3) is 0 Å². The molecule has 98 valence electrons. The molecule has 0 fully saturated rings. The van der Waals surface area contributed by atoms with E-state index in [2.05, 4.69) is 5.32 Å². The number of carbonyl (C=O) groups is 2. The second-order valence-electron chi connectivity index (χ2n) is 4.09. The summed E-state index contributed by atoms with van der Waals surface area (Å²) in [5.41, 5.74) is 5.89. The lowest BCUT2D eigenvalue weighted by Gasteiger charge is -2.10. The zero-order valence-electron chi connectivity index (χ0n) is 10.3. The maximum absolute atomic E-state index is 11.7. The van der Waals surface area contributed by atoms with Crippen molar-refractivity contribution in [1.29, 1.82) is 0 Å². The molecule has 4 N–H and O–H groups in total. The average Bonchev–Trinajstić information content (AvgIpc) is 2.36. The second kappa shape index (κ2) is 6.76. The van der Waals surface area contributed by atoms with Gasteiger partial charge in [0.2, 0.25) is 5.91 Å². The first-order chi connectivity index (χ1) is 8.54. The van der Waals surface area contributed by atoms with Crippen LogP contribution in [-0.2, 0) is 0 Å². The Balaban J connectivity index is 2.54. The highest BCUT2D eigenvalue weighted by Gasteiger charge is 2.09. The number of carbonyl (C=O) groups excluding carboxylic acids is 2. The lowest BCUT2D eigenvalue weighted by molar-refractivity contribution is 0.0909. The highest BCUT2D eigenvalue weighted by atomic mass is 16.3. The van der Waals surface area contributed by atoms with Crippen molar-refractivity contribution in [2.24, 2.45) is 5.73 Å². The number of amides is 2. The van der Waals surface area contributed by atoms with Crippen LogP contribution in [0.3, 0.4) is 0 Å². The van der Waals surface area contributed by atoms with Gasteiger partial charge in [-0.2, -0.15) is 0 Å². The van der Waals surface area contributed by atoms with Crippen molar-refractivity contribution in [2.75, 3.05) is 6.54 Å². The molecule has 0 spiro atoms. The number of aliphatic hydroxyl groups is 1. The van der Waals surface area contributed by atoms with Gasteiger partial charge in [0.25, 0.3) is 5.91 Å². The monoisotopic (exact) mass is 250 g/mol. The molecule has 2 amide bonds. The Morgan fingerprint density at radius 2 is 1.83 bits per heavy atom. The minimum atomic E-state index is -0.527. The first-order valence-electron chi connectivity index (χ1n) is 5.90. The van der Waals surface area contributed by atoms with Crippen molar-refractivity contribution in [2.45, 2.75) is 25.9 Å². The van der Waals surface area contributed by atoms with Crippen LogP contribution in [0, 0.1) is 0 Å². The van der Waals surface area contributed by atoms with E-state index in [1.54, 1.807) is 0 Å². The van der Waals surface area contributed by atoms with Crippen molar-refractivity contribution in [3.8, 4) is 0 Å². The molecule has 0 bridgehead atoms. The Morgan fingerprint density at radius 3 is 2.33 bits per heavy atom. The van der Waals surface area contributed by atoms with E-state index in [4.69, 9.17) is 5.73 Å². The number of nitrogens with two attached hydrogens (primary N) is 1. The van der Waals surface area contributed by atoms with Crippen molar-refractivity contribution in [3.05, 3.63) is 35.4 Å². The number of rotatable bonds is 6. The Kier molecular flexibility index (Phi) is 5.32. The van der Waals surface area contributed by atoms with Gasteiger partial charge in [-0.1, -0.05) is 13.3 Å². The van der Waals surface area contributed by atoms with E-state index in [1.165, 1.54) is 24.3 Å². The summed E-state index contributed by atoms with van der Waals surface area (Å²) < 4.78 is 0. The van der Waals surface area contributed by atoms with Crippen molar-refractivity contribution in [1.82, 2.24) is 5.32 Å². The molecule has 5 heteroatoms. The maximum Gasteiger partial charge on any atom is 0.251 e. The number of hydrogen-bond donors (Lipinski definition) is 3. The smallest absolute Gasteiger partial charge is 0.251 e. The molecule has 1 atom stereocenters. The number of benzene rings is 1. The highest BCUT2D eigenvalue weighted by molar-refractivity contribution is 5.97. The van der Waals surface area contributed by atoms with Crippen LogP contribution in [0.1, 0.15) is 40.5 Å². The van der Waals surface area contributed by atoms with Gasteiger partial charge in [0.05, 0.1) is 6.10 Å². The summed E-state index contributed by atoms with van der Waals surface area (Å²) in [6.45, 7) is 2.19. The van der Waals surface area contributed by atoms with E-state index >= 15 is 0 Å². The molecule has 0 aromatic heterocycles. The molecular formula is C13H18N2O3. The number of nitrogens with one attached hydrogen (secondary N) is 1. The molecule has 0 radical (unpaired) electrons. The van der Waals surface area contributed by atoms with E-state index < -0.39 is 12.0 Å². The first kappa shape index (κ1) is 14.2. The molecule has 1 unspecified atom stereocenters. The largest absolute Gasteiger partial charge is 0.391 e. The molecule has 1 aromatic rings. The number of primary amides is 1. The molecule has 1 aromatic carbocycles. The Morgan fingerprint density at radius 1 is 1.28 bits per heavy atom. The molecule has 0 saturated heterocycles. The van der Waals surface area contributed by atoms with Gasteiger partial charge in [-0.25, -0.2) is 0 Å². The minimum Gasteiger partial charge on any atom is -0.391 e. The molecular weight excluding hydrogens is 232 g/mol. The fourth-order valence-electron chi connectivity index (χ4n) is 1.53. The third kappa shape index (κ3) is 4.18. The van der Waals surface area contributed by atoms with Crippen LogP contribution in [0.4, 0.5) is 0 Å². The van der Waals surface area contributed by atoms with Gasteiger partial charge in [0, 0.05) is 17.7 Å². The standard InChI is InChI=1S/C13H18N2O3/c1-2-3-11(16)8-15-13(18)10-6-4-9(5-7-10)12(14)17/h4-7,11,16H,2-3,8H2,1H3,(H2,14,17)(H,15,18). The lowest BCUT2D eigenvalue weighted by Crippen LogP contribution is -2.32. The summed E-state index contributed by atoms with van der Waals surface area (Å²) in [5.74, 6) is -0.804. The Bertz CT molecular complexity index is 415. The van der Waals surface area contributed by atoms with Gasteiger partial charge < -0.3 is 16.2 Å². The predicted octanol–water partition coefficient (Wildman–Crippen LogP) is 0.676. The van der Waals surface area contributed by atoms with Gasteiger partial charge in [-0.15, -0.1) is 0 Å². The molecule has 5 nitrogen and oxygen atoms in total. The molecule has 1 rings (SSSR count). The van der Waals surface area contributed by atoms with Gasteiger partial charge in [0.15, 0.2) is 0 Å². The summed E-state index contributed by atoms with van der Waals surface area (Å²) in [5, 5.41) is 12.1. The van der Waals surface area contributed by atoms with Crippen LogP contribution in [0.2, 0.25) is 0 Å². The van der Waals surface area contributed by atoms with Crippen molar-refractivity contribution >= 4 is 11.8 Å². The molecule has 0 saturated carbocycles.